The first-order valence-corrected chi connectivity index (χ1v) is 6.65. The Morgan fingerprint density at radius 3 is 2.72 bits per heavy atom. The highest BCUT2D eigenvalue weighted by atomic mass is 32.1. The van der Waals surface area contributed by atoms with Crippen molar-refractivity contribution >= 4 is 17.2 Å². The van der Waals surface area contributed by atoms with Gasteiger partial charge in [-0.3, -0.25) is 4.79 Å². The number of carbonyl (C=O) groups is 1. The van der Waals surface area contributed by atoms with E-state index in [4.69, 9.17) is 0 Å². The molecule has 2 rings (SSSR count). The average Bonchev–Trinajstić information content (AvgIpc) is 2.66. The lowest BCUT2D eigenvalue weighted by molar-refractivity contribution is 0.0951. The van der Waals surface area contributed by atoms with Crippen molar-refractivity contribution in [3.8, 4) is 0 Å². The molecule has 0 bridgehead atoms. The minimum Gasteiger partial charge on any atom is -0.346 e. The fourth-order valence-electron chi connectivity index (χ4n) is 1.66. The number of hydrogen-bond acceptors (Lipinski definition) is 3. The number of benzene rings is 1. The lowest BCUT2D eigenvalue weighted by Gasteiger charge is -2.03. The zero-order chi connectivity index (χ0) is 13.1. The second-order valence-corrected chi connectivity index (χ2v) is 5.59. The summed E-state index contributed by atoms with van der Waals surface area (Å²) in [7, 11) is 0. The Kier molecular flexibility index (Phi) is 3.77. The van der Waals surface area contributed by atoms with Gasteiger partial charge in [-0.1, -0.05) is 17.7 Å². The Morgan fingerprint density at radius 1 is 1.33 bits per heavy atom. The number of aryl methyl sites for hydroxylation is 3. The average molecular weight is 260 g/mol. The van der Waals surface area contributed by atoms with Gasteiger partial charge in [-0.25, -0.2) is 4.98 Å². The van der Waals surface area contributed by atoms with Crippen LogP contribution in [0.25, 0.3) is 0 Å². The van der Waals surface area contributed by atoms with Crippen LogP contribution in [0.3, 0.4) is 0 Å². The van der Waals surface area contributed by atoms with E-state index in [0.29, 0.717) is 12.1 Å². The van der Waals surface area contributed by atoms with Crippen molar-refractivity contribution in [1.82, 2.24) is 10.3 Å². The Labute approximate surface area is 111 Å². The molecule has 1 N–H and O–H groups in total. The molecule has 0 saturated heterocycles. The van der Waals surface area contributed by atoms with Crippen molar-refractivity contribution in [2.75, 3.05) is 0 Å². The van der Waals surface area contributed by atoms with E-state index in [1.54, 1.807) is 11.3 Å². The van der Waals surface area contributed by atoms with Crippen LogP contribution in [0.2, 0.25) is 0 Å². The van der Waals surface area contributed by atoms with Crippen LogP contribution in [0.5, 0.6) is 0 Å². The van der Waals surface area contributed by atoms with Crippen molar-refractivity contribution in [3.63, 3.8) is 0 Å². The van der Waals surface area contributed by atoms with E-state index in [1.807, 2.05) is 45.0 Å². The highest BCUT2D eigenvalue weighted by Crippen LogP contribution is 2.16. The summed E-state index contributed by atoms with van der Waals surface area (Å²) in [5, 5.41) is 3.84. The summed E-state index contributed by atoms with van der Waals surface area (Å²) in [6.07, 6.45) is 0. The van der Waals surface area contributed by atoms with Gasteiger partial charge < -0.3 is 5.32 Å². The highest BCUT2D eigenvalue weighted by molar-refractivity contribution is 7.11. The molecule has 2 aromatic rings. The molecule has 0 aliphatic carbocycles. The van der Waals surface area contributed by atoms with Crippen LogP contribution in [-0.4, -0.2) is 10.9 Å². The number of nitrogens with one attached hydrogen (secondary N) is 1. The quantitative estimate of drug-likeness (QED) is 0.921. The monoisotopic (exact) mass is 260 g/mol. The summed E-state index contributed by atoms with van der Waals surface area (Å²) in [5.41, 5.74) is 2.82. The number of hydrogen-bond donors (Lipinski definition) is 1. The molecule has 0 aliphatic heterocycles. The number of aromatic nitrogens is 1. The number of thiazole rings is 1. The first-order valence-electron chi connectivity index (χ1n) is 5.84. The fourth-order valence-corrected chi connectivity index (χ4v) is 2.53. The predicted molar refractivity (Wildman–Crippen MR) is 73.9 cm³/mol. The highest BCUT2D eigenvalue weighted by Gasteiger charge is 2.07. The molecule has 0 atom stereocenters. The lowest BCUT2D eigenvalue weighted by atomic mass is 10.1. The molecule has 1 heterocycles. The predicted octanol–water partition coefficient (Wildman–Crippen LogP) is 3.00. The third-order valence-corrected chi connectivity index (χ3v) is 3.83. The zero-order valence-corrected chi connectivity index (χ0v) is 11.6. The molecule has 0 fully saturated rings. The van der Waals surface area contributed by atoms with E-state index in [-0.39, 0.29) is 5.91 Å². The minimum atomic E-state index is -0.0517. The third kappa shape index (κ3) is 2.96. The topological polar surface area (TPSA) is 42.0 Å². The van der Waals surface area contributed by atoms with E-state index in [1.165, 1.54) is 4.88 Å². The molecule has 1 aromatic heterocycles. The van der Waals surface area contributed by atoms with Crippen molar-refractivity contribution in [1.29, 1.82) is 0 Å². The van der Waals surface area contributed by atoms with Gasteiger partial charge in [0, 0.05) is 10.4 Å². The molecule has 4 heteroatoms. The smallest absolute Gasteiger partial charge is 0.251 e. The van der Waals surface area contributed by atoms with Crippen molar-refractivity contribution in [2.45, 2.75) is 27.3 Å². The molecule has 0 radical (unpaired) electrons. The fraction of sp³-hybridized carbons (Fsp3) is 0.286. The van der Waals surface area contributed by atoms with E-state index in [9.17, 15) is 4.79 Å². The van der Waals surface area contributed by atoms with Gasteiger partial charge in [0.25, 0.3) is 5.91 Å². The van der Waals surface area contributed by atoms with Crippen molar-refractivity contribution in [2.24, 2.45) is 0 Å². The molecular formula is C14H16N2OS. The molecule has 0 unspecified atom stereocenters. The number of amides is 1. The minimum absolute atomic E-state index is 0.0517. The van der Waals surface area contributed by atoms with Crippen LogP contribution in [0.15, 0.2) is 24.3 Å². The molecule has 1 aromatic carbocycles. The molecule has 1 amide bonds. The molecule has 3 nitrogen and oxygen atoms in total. The SMILES string of the molecule is Cc1cccc(C(=O)NCc2nc(C)c(C)s2)c1. The van der Waals surface area contributed by atoms with Gasteiger partial charge in [0.05, 0.1) is 12.2 Å². The lowest BCUT2D eigenvalue weighted by Crippen LogP contribution is -2.22. The molecule has 18 heavy (non-hydrogen) atoms. The largest absolute Gasteiger partial charge is 0.346 e. The maximum Gasteiger partial charge on any atom is 0.251 e. The molecular weight excluding hydrogens is 244 g/mol. The Morgan fingerprint density at radius 2 is 2.11 bits per heavy atom. The normalized spacial score (nSPS) is 10.4. The Bertz CT molecular complexity index is 555. The molecule has 0 aliphatic rings. The summed E-state index contributed by atoms with van der Waals surface area (Å²) in [4.78, 5) is 17.5. The van der Waals surface area contributed by atoms with Gasteiger partial charge in [0.15, 0.2) is 0 Å². The second kappa shape index (κ2) is 5.31. The Hall–Kier alpha value is -1.68. The zero-order valence-electron chi connectivity index (χ0n) is 10.8. The van der Waals surface area contributed by atoms with Gasteiger partial charge in [-0.2, -0.15) is 0 Å². The van der Waals surface area contributed by atoms with Crippen molar-refractivity contribution < 1.29 is 4.79 Å². The molecule has 94 valence electrons. The summed E-state index contributed by atoms with van der Waals surface area (Å²) < 4.78 is 0. The third-order valence-electron chi connectivity index (χ3n) is 2.75. The van der Waals surface area contributed by atoms with Gasteiger partial charge in [-0.05, 0) is 32.9 Å². The van der Waals surface area contributed by atoms with Gasteiger partial charge >= 0.3 is 0 Å². The number of nitrogens with zero attached hydrogens (tertiary/aromatic N) is 1. The maximum absolute atomic E-state index is 11.9. The van der Waals surface area contributed by atoms with E-state index >= 15 is 0 Å². The van der Waals surface area contributed by atoms with Gasteiger partial charge in [0.1, 0.15) is 5.01 Å². The number of carbonyl (C=O) groups excluding carboxylic acids is 1. The van der Waals surface area contributed by atoms with Gasteiger partial charge in [-0.15, -0.1) is 11.3 Å². The van der Waals surface area contributed by atoms with Crippen LogP contribution in [0.4, 0.5) is 0 Å². The first kappa shape index (κ1) is 12.8. The van der Waals surface area contributed by atoms with E-state index < -0.39 is 0 Å². The van der Waals surface area contributed by atoms with Crippen molar-refractivity contribution in [3.05, 3.63) is 51.0 Å². The summed E-state index contributed by atoms with van der Waals surface area (Å²) in [5.74, 6) is -0.0517. The molecule has 0 spiro atoms. The summed E-state index contributed by atoms with van der Waals surface area (Å²) in [6, 6.07) is 7.57. The van der Waals surface area contributed by atoms with Crippen LogP contribution in [-0.2, 0) is 6.54 Å². The first-order chi connectivity index (χ1) is 8.56. The summed E-state index contributed by atoms with van der Waals surface area (Å²) in [6.45, 7) is 6.49. The second-order valence-electron chi connectivity index (χ2n) is 4.30. The van der Waals surface area contributed by atoms with Crippen LogP contribution >= 0.6 is 11.3 Å². The van der Waals surface area contributed by atoms with Crippen LogP contribution < -0.4 is 5.32 Å². The standard InChI is InChI=1S/C14H16N2OS/c1-9-5-4-6-12(7-9)14(17)15-8-13-16-10(2)11(3)18-13/h4-7H,8H2,1-3H3,(H,15,17). The summed E-state index contributed by atoms with van der Waals surface area (Å²) >= 11 is 1.63. The van der Waals surface area contributed by atoms with E-state index in [0.717, 1.165) is 16.3 Å². The maximum atomic E-state index is 11.9. The van der Waals surface area contributed by atoms with E-state index in [2.05, 4.69) is 10.3 Å². The number of rotatable bonds is 3. The van der Waals surface area contributed by atoms with Crippen LogP contribution in [0.1, 0.15) is 31.5 Å². The van der Waals surface area contributed by atoms with Crippen LogP contribution in [0, 0.1) is 20.8 Å². The van der Waals surface area contributed by atoms with Gasteiger partial charge in [0.2, 0.25) is 0 Å². The molecule has 0 saturated carbocycles. The Balaban J connectivity index is 2.00.